The minimum absolute atomic E-state index is 0.722. The van der Waals surface area contributed by atoms with Gasteiger partial charge in [0.05, 0.1) is 17.1 Å². The molecule has 1 heterocycles. The van der Waals surface area contributed by atoms with Crippen LogP contribution in [0.5, 0.6) is 0 Å². The first-order valence-corrected chi connectivity index (χ1v) is 9.10. The van der Waals surface area contributed by atoms with Crippen molar-refractivity contribution in [3.05, 3.63) is 66.4 Å². The minimum atomic E-state index is 0.722. The Morgan fingerprint density at radius 1 is 1.12 bits per heavy atom. The molecule has 0 saturated heterocycles. The quantitative estimate of drug-likeness (QED) is 0.714. The fourth-order valence-corrected chi connectivity index (χ4v) is 3.52. The molecule has 3 rings (SSSR count). The van der Waals surface area contributed by atoms with Crippen molar-refractivity contribution in [1.29, 1.82) is 0 Å². The third-order valence-corrected chi connectivity index (χ3v) is 5.11. The maximum absolute atomic E-state index is 4.77. The summed E-state index contributed by atoms with van der Waals surface area (Å²) in [5.74, 6) is 0.722. The molecule has 0 aromatic heterocycles. The van der Waals surface area contributed by atoms with Crippen molar-refractivity contribution in [1.82, 2.24) is 5.01 Å². The van der Waals surface area contributed by atoms with Gasteiger partial charge in [0.1, 0.15) is 5.71 Å². The summed E-state index contributed by atoms with van der Waals surface area (Å²) in [5.41, 5.74) is 5.92. The van der Waals surface area contributed by atoms with Crippen molar-refractivity contribution in [3.63, 3.8) is 0 Å². The molecule has 3 nitrogen and oxygen atoms in total. The van der Waals surface area contributed by atoms with Crippen LogP contribution in [0.15, 0.2) is 65.4 Å². The van der Waals surface area contributed by atoms with Crippen molar-refractivity contribution in [2.75, 3.05) is 7.05 Å². The monoisotopic (exact) mass is 333 g/mol. The lowest BCUT2D eigenvalue weighted by Crippen LogP contribution is -2.18. The zero-order valence-electron chi connectivity index (χ0n) is 15.3. The van der Waals surface area contributed by atoms with Crippen LogP contribution in [-0.2, 0) is 0 Å². The molecule has 0 amide bonds. The summed E-state index contributed by atoms with van der Waals surface area (Å²) >= 11 is 0. The molecule has 3 heteroatoms. The summed E-state index contributed by atoms with van der Waals surface area (Å²) in [6, 6.07) is 8.91. The zero-order chi connectivity index (χ0) is 17.8. The minimum Gasteiger partial charge on any atom is -0.269 e. The Morgan fingerprint density at radius 2 is 1.80 bits per heavy atom. The Bertz CT molecular complexity index is 744. The Balaban J connectivity index is 1.91. The average Bonchev–Trinajstić information content (AvgIpc) is 2.65. The van der Waals surface area contributed by atoms with Gasteiger partial charge in [-0.05, 0) is 43.4 Å². The lowest BCUT2D eigenvalue weighted by atomic mass is 9.84. The zero-order valence-corrected chi connectivity index (χ0v) is 15.3. The van der Waals surface area contributed by atoms with Crippen molar-refractivity contribution in [2.45, 2.75) is 44.9 Å². The molecule has 25 heavy (non-hydrogen) atoms. The first kappa shape index (κ1) is 17.4. The molecule has 130 valence electrons. The number of hydrogen-bond acceptors (Lipinski definition) is 3. The lowest BCUT2D eigenvalue weighted by molar-refractivity contribution is 0.443. The molecular formula is C22H27N3. The van der Waals surface area contributed by atoms with E-state index in [-0.39, 0.29) is 0 Å². The van der Waals surface area contributed by atoms with E-state index >= 15 is 0 Å². The molecule has 0 unspecified atom stereocenters. The van der Waals surface area contributed by atoms with Gasteiger partial charge in [0.15, 0.2) is 0 Å². The van der Waals surface area contributed by atoms with Gasteiger partial charge < -0.3 is 0 Å². The highest BCUT2D eigenvalue weighted by Crippen LogP contribution is 2.33. The number of hydrogen-bond donors (Lipinski definition) is 0. The van der Waals surface area contributed by atoms with E-state index in [0.717, 1.165) is 34.3 Å². The van der Waals surface area contributed by atoms with Gasteiger partial charge in [-0.2, -0.15) is 5.10 Å². The van der Waals surface area contributed by atoms with Crippen LogP contribution in [0.25, 0.3) is 5.70 Å². The van der Waals surface area contributed by atoms with Crippen molar-refractivity contribution in [2.24, 2.45) is 10.1 Å². The molecule has 2 aliphatic rings. The first-order valence-electron chi connectivity index (χ1n) is 9.10. The molecule has 0 spiro atoms. The molecule has 1 aliphatic carbocycles. The molecule has 0 N–H and O–H groups in total. The third-order valence-electron chi connectivity index (χ3n) is 5.11. The highest BCUT2D eigenvalue weighted by atomic mass is 15.4. The van der Waals surface area contributed by atoms with E-state index in [9.17, 15) is 0 Å². The number of aliphatic imine (C=N–C) groups is 1. The van der Waals surface area contributed by atoms with Gasteiger partial charge in [0, 0.05) is 12.6 Å². The molecule has 1 fully saturated rings. The number of benzene rings is 1. The predicted octanol–water partition coefficient (Wildman–Crippen LogP) is 5.54. The molecular weight excluding hydrogens is 306 g/mol. The fraction of sp³-hybridized carbons (Fsp3) is 0.364. The summed E-state index contributed by atoms with van der Waals surface area (Å²) in [6.07, 6.45) is 10.5. The van der Waals surface area contributed by atoms with Crippen molar-refractivity contribution in [3.8, 4) is 0 Å². The van der Waals surface area contributed by atoms with Gasteiger partial charge in [-0.3, -0.25) is 10.0 Å². The van der Waals surface area contributed by atoms with E-state index in [2.05, 4.69) is 42.5 Å². The van der Waals surface area contributed by atoms with Crippen LogP contribution >= 0.6 is 0 Å². The van der Waals surface area contributed by atoms with Crippen LogP contribution in [0.2, 0.25) is 0 Å². The number of allylic oxidation sites excluding steroid dienone is 2. The maximum atomic E-state index is 4.77. The maximum Gasteiger partial charge on any atom is 0.104 e. The number of rotatable bonds is 3. The molecule has 1 aromatic rings. The summed E-state index contributed by atoms with van der Waals surface area (Å²) in [7, 11) is 1.89. The number of hydrazone groups is 1. The van der Waals surface area contributed by atoms with Gasteiger partial charge >= 0.3 is 0 Å². The lowest BCUT2D eigenvalue weighted by Gasteiger charge is -2.22. The van der Waals surface area contributed by atoms with E-state index in [1.54, 1.807) is 11.1 Å². The molecule has 0 bridgehead atoms. The van der Waals surface area contributed by atoms with E-state index in [1.807, 2.05) is 20.0 Å². The Kier molecular flexibility index (Phi) is 5.32. The standard InChI is InChI=1S/C22H27N3/c1-5-21-17(3)23-22(15-16(2)25(4)24-21)20-13-11-19(12-14-20)18-9-7-6-8-10-18/h5,11-15,18H,1-2,6-10H2,3-4H3/b22-15+,23-17?,24-21?. The van der Waals surface area contributed by atoms with Gasteiger partial charge in [-0.1, -0.05) is 56.7 Å². The Labute approximate surface area is 151 Å². The molecule has 1 saturated carbocycles. The van der Waals surface area contributed by atoms with Crippen molar-refractivity contribution >= 4 is 17.1 Å². The fourth-order valence-electron chi connectivity index (χ4n) is 3.52. The van der Waals surface area contributed by atoms with Gasteiger partial charge in [-0.25, -0.2) is 0 Å². The SMILES string of the molecule is C=CC1=NN(C)C(=C)/C=C(\c2ccc(C3CCCCC3)cc2)N=C1C. The van der Waals surface area contributed by atoms with Crippen LogP contribution in [0.4, 0.5) is 0 Å². The second kappa shape index (κ2) is 7.64. The number of likely N-dealkylation sites (N-methyl/N-ethyl adjacent to an activating group) is 1. The highest BCUT2D eigenvalue weighted by Gasteiger charge is 2.16. The van der Waals surface area contributed by atoms with Crippen LogP contribution in [0.1, 0.15) is 56.1 Å². The molecule has 0 radical (unpaired) electrons. The Hall–Kier alpha value is -2.42. The second-order valence-corrected chi connectivity index (χ2v) is 6.89. The molecule has 0 atom stereocenters. The highest BCUT2D eigenvalue weighted by molar-refractivity contribution is 6.46. The molecule has 1 aliphatic heterocycles. The summed E-state index contributed by atoms with van der Waals surface area (Å²) in [5, 5.41) is 6.25. The largest absolute Gasteiger partial charge is 0.269 e. The van der Waals surface area contributed by atoms with Gasteiger partial charge in [0.2, 0.25) is 0 Å². The van der Waals surface area contributed by atoms with Crippen molar-refractivity contribution < 1.29 is 0 Å². The van der Waals surface area contributed by atoms with E-state index in [0.29, 0.717) is 0 Å². The summed E-state index contributed by atoms with van der Waals surface area (Å²) in [6.45, 7) is 9.90. The third kappa shape index (κ3) is 3.98. The van der Waals surface area contributed by atoms with Crippen LogP contribution in [0.3, 0.4) is 0 Å². The number of nitrogens with zero attached hydrogens (tertiary/aromatic N) is 3. The van der Waals surface area contributed by atoms with E-state index in [1.165, 1.54) is 37.7 Å². The smallest absolute Gasteiger partial charge is 0.104 e. The topological polar surface area (TPSA) is 28.0 Å². The summed E-state index contributed by atoms with van der Waals surface area (Å²) < 4.78 is 0. The van der Waals surface area contributed by atoms with Crippen LogP contribution < -0.4 is 0 Å². The summed E-state index contributed by atoms with van der Waals surface area (Å²) in [4.78, 5) is 4.77. The van der Waals surface area contributed by atoms with Gasteiger partial charge in [0.25, 0.3) is 0 Å². The second-order valence-electron chi connectivity index (χ2n) is 6.89. The van der Waals surface area contributed by atoms with E-state index in [4.69, 9.17) is 4.99 Å². The van der Waals surface area contributed by atoms with Gasteiger partial charge in [-0.15, -0.1) is 0 Å². The first-order chi connectivity index (χ1) is 12.1. The molecule has 1 aromatic carbocycles. The van der Waals surface area contributed by atoms with Crippen LogP contribution in [0, 0.1) is 0 Å². The normalized spacial score (nSPS) is 21.6. The Morgan fingerprint density at radius 3 is 2.44 bits per heavy atom. The predicted molar refractivity (Wildman–Crippen MR) is 108 cm³/mol. The van der Waals surface area contributed by atoms with Crippen LogP contribution in [-0.4, -0.2) is 23.5 Å². The van der Waals surface area contributed by atoms with E-state index < -0.39 is 0 Å². The average molecular weight is 333 g/mol.